The Bertz CT molecular complexity index is 899. The van der Waals surface area contributed by atoms with Crippen LogP contribution >= 0.6 is 11.6 Å². The molecule has 1 amide bonds. The van der Waals surface area contributed by atoms with E-state index >= 15 is 0 Å². The highest BCUT2D eigenvalue weighted by molar-refractivity contribution is 7.89. The second-order valence-electron chi connectivity index (χ2n) is 6.55. The van der Waals surface area contributed by atoms with Crippen molar-refractivity contribution in [2.75, 3.05) is 26.2 Å². The van der Waals surface area contributed by atoms with Crippen LogP contribution in [-0.4, -0.2) is 49.7 Å². The molecular formula is C19H22ClN3O3S. The average molecular weight is 408 g/mol. The van der Waals surface area contributed by atoms with Gasteiger partial charge in [-0.1, -0.05) is 23.7 Å². The second kappa shape index (κ2) is 8.39. The molecule has 1 saturated heterocycles. The number of rotatable bonds is 5. The summed E-state index contributed by atoms with van der Waals surface area (Å²) in [7, 11) is -3.59. The summed E-state index contributed by atoms with van der Waals surface area (Å²) in [5, 5.41) is 0.703. The van der Waals surface area contributed by atoms with Gasteiger partial charge in [-0.15, -0.1) is 0 Å². The summed E-state index contributed by atoms with van der Waals surface area (Å²) in [6.45, 7) is 3.14. The summed E-state index contributed by atoms with van der Waals surface area (Å²) in [5.74, 6) is -0.577. The highest BCUT2D eigenvalue weighted by atomic mass is 35.5. The molecule has 0 saturated carbocycles. The van der Waals surface area contributed by atoms with Crippen LogP contribution in [0.25, 0.3) is 0 Å². The van der Waals surface area contributed by atoms with E-state index in [1.54, 1.807) is 0 Å². The van der Waals surface area contributed by atoms with Gasteiger partial charge in [0.05, 0.1) is 4.90 Å². The van der Waals surface area contributed by atoms with Crippen LogP contribution in [0, 0.1) is 0 Å². The first kappa shape index (κ1) is 19.8. The molecule has 8 heteroatoms. The van der Waals surface area contributed by atoms with E-state index in [9.17, 15) is 13.2 Å². The summed E-state index contributed by atoms with van der Waals surface area (Å²) < 4.78 is 27.3. The van der Waals surface area contributed by atoms with E-state index < -0.39 is 15.9 Å². The summed E-state index contributed by atoms with van der Waals surface area (Å²) in [5.41, 5.74) is 6.65. The molecule has 6 nitrogen and oxygen atoms in total. The maximum Gasteiger partial charge on any atom is 0.248 e. The van der Waals surface area contributed by atoms with Crippen molar-refractivity contribution in [1.82, 2.24) is 9.21 Å². The van der Waals surface area contributed by atoms with Gasteiger partial charge in [-0.25, -0.2) is 8.42 Å². The Balaban J connectivity index is 1.67. The minimum atomic E-state index is -3.59. The predicted molar refractivity (Wildman–Crippen MR) is 105 cm³/mol. The molecule has 1 aliphatic heterocycles. The standard InChI is InChI=1S/C19H22ClN3O3S/c20-17-6-2-15(3-7-17)14-22-10-1-11-23(13-12-22)27(25,26)18-8-4-16(5-9-18)19(21)24/h2-9H,1,10-14H2,(H2,21,24). The molecule has 2 N–H and O–H groups in total. The third kappa shape index (κ3) is 4.87. The van der Waals surface area contributed by atoms with Gasteiger partial charge in [0, 0.05) is 36.8 Å². The SMILES string of the molecule is NC(=O)c1ccc(S(=O)(=O)N2CCCN(Cc3ccc(Cl)cc3)CC2)cc1. The highest BCUT2D eigenvalue weighted by Crippen LogP contribution is 2.19. The van der Waals surface area contributed by atoms with Crippen molar-refractivity contribution < 1.29 is 13.2 Å². The largest absolute Gasteiger partial charge is 0.366 e. The quantitative estimate of drug-likeness (QED) is 0.824. The zero-order valence-electron chi connectivity index (χ0n) is 14.8. The van der Waals surface area contributed by atoms with Gasteiger partial charge in [0.15, 0.2) is 0 Å². The minimum Gasteiger partial charge on any atom is -0.366 e. The maximum absolute atomic E-state index is 12.9. The molecule has 0 spiro atoms. The molecule has 0 atom stereocenters. The van der Waals surface area contributed by atoms with Crippen LogP contribution in [0.3, 0.4) is 0 Å². The molecule has 0 radical (unpaired) electrons. The van der Waals surface area contributed by atoms with E-state index in [1.807, 2.05) is 24.3 Å². The highest BCUT2D eigenvalue weighted by Gasteiger charge is 2.27. The van der Waals surface area contributed by atoms with Crippen molar-refractivity contribution in [3.63, 3.8) is 0 Å². The molecule has 0 unspecified atom stereocenters. The van der Waals surface area contributed by atoms with Crippen molar-refractivity contribution in [3.05, 3.63) is 64.7 Å². The lowest BCUT2D eigenvalue weighted by Gasteiger charge is -2.22. The Hall–Kier alpha value is -1.93. The van der Waals surface area contributed by atoms with Crippen molar-refractivity contribution in [3.8, 4) is 0 Å². The number of carbonyl (C=O) groups is 1. The summed E-state index contributed by atoms with van der Waals surface area (Å²) in [6, 6.07) is 13.5. The van der Waals surface area contributed by atoms with E-state index in [2.05, 4.69) is 4.90 Å². The first-order chi connectivity index (χ1) is 12.9. The van der Waals surface area contributed by atoms with Crippen LogP contribution in [-0.2, 0) is 16.6 Å². The lowest BCUT2D eigenvalue weighted by atomic mass is 10.2. The fourth-order valence-corrected chi connectivity index (χ4v) is 4.73. The van der Waals surface area contributed by atoms with Crippen LogP contribution in [0.15, 0.2) is 53.4 Å². The first-order valence-corrected chi connectivity index (χ1v) is 10.5. The molecule has 0 bridgehead atoms. The molecule has 144 valence electrons. The molecule has 0 aromatic heterocycles. The number of sulfonamides is 1. The van der Waals surface area contributed by atoms with Gasteiger partial charge in [-0.2, -0.15) is 4.31 Å². The minimum absolute atomic E-state index is 0.179. The van der Waals surface area contributed by atoms with E-state index in [-0.39, 0.29) is 4.90 Å². The fraction of sp³-hybridized carbons (Fsp3) is 0.316. The van der Waals surface area contributed by atoms with Gasteiger partial charge in [-0.3, -0.25) is 9.69 Å². The third-order valence-electron chi connectivity index (χ3n) is 4.64. The number of hydrogen-bond acceptors (Lipinski definition) is 4. The van der Waals surface area contributed by atoms with Gasteiger partial charge >= 0.3 is 0 Å². The molecular weight excluding hydrogens is 386 g/mol. The number of nitrogens with zero attached hydrogens (tertiary/aromatic N) is 2. The normalized spacial score (nSPS) is 16.8. The number of amides is 1. The molecule has 0 aliphatic carbocycles. The van der Waals surface area contributed by atoms with Gasteiger partial charge in [-0.05, 0) is 54.9 Å². The van der Waals surface area contributed by atoms with Crippen molar-refractivity contribution in [2.24, 2.45) is 5.73 Å². The monoisotopic (exact) mass is 407 g/mol. The van der Waals surface area contributed by atoms with Crippen molar-refractivity contribution >= 4 is 27.5 Å². The van der Waals surface area contributed by atoms with Crippen LogP contribution in [0.4, 0.5) is 0 Å². The van der Waals surface area contributed by atoms with Crippen LogP contribution < -0.4 is 5.73 Å². The Kier molecular flexibility index (Phi) is 6.16. The molecule has 3 rings (SSSR count). The Labute approximate surface area is 164 Å². The van der Waals surface area contributed by atoms with E-state index in [4.69, 9.17) is 17.3 Å². The van der Waals surface area contributed by atoms with E-state index in [0.717, 1.165) is 25.1 Å². The predicted octanol–water partition coefficient (Wildman–Crippen LogP) is 2.34. The average Bonchev–Trinajstić information content (AvgIpc) is 2.90. The summed E-state index contributed by atoms with van der Waals surface area (Å²) >= 11 is 5.92. The molecule has 27 heavy (non-hydrogen) atoms. The first-order valence-electron chi connectivity index (χ1n) is 8.73. The van der Waals surface area contributed by atoms with E-state index in [1.165, 1.54) is 28.6 Å². The Morgan fingerprint density at radius 3 is 2.26 bits per heavy atom. The Morgan fingerprint density at radius 2 is 1.63 bits per heavy atom. The second-order valence-corrected chi connectivity index (χ2v) is 8.92. The van der Waals surface area contributed by atoms with E-state index in [0.29, 0.717) is 30.2 Å². The van der Waals surface area contributed by atoms with Gasteiger partial charge in [0.1, 0.15) is 0 Å². The van der Waals surface area contributed by atoms with Crippen LogP contribution in [0.2, 0.25) is 5.02 Å². The lowest BCUT2D eigenvalue weighted by Crippen LogP contribution is -2.35. The van der Waals surface area contributed by atoms with Crippen LogP contribution in [0.1, 0.15) is 22.3 Å². The number of benzene rings is 2. The zero-order valence-corrected chi connectivity index (χ0v) is 16.4. The molecule has 2 aromatic carbocycles. The molecule has 1 heterocycles. The maximum atomic E-state index is 12.9. The van der Waals surface area contributed by atoms with Gasteiger partial charge in [0.25, 0.3) is 0 Å². The van der Waals surface area contributed by atoms with Crippen molar-refractivity contribution in [1.29, 1.82) is 0 Å². The number of carbonyl (C=O) groups excluding carboxylic acids is 1. The number of halogens is 1. The van der Waals surface area contributed by atoms with Crippen LogP contribution in [0.5, 0.6) is 0 Å². The topological polar surface area (TPSA) is 83.7 Å². The lowest BCUT2D eigenvalue weighted by molar-refractivity contribution is 0.1000. The molecule has 1 fully saturated rings. The Morgan fingerprint density at radius 1 is 0.963 bits per heavy atom. The molecule has 2 aromatic rings. The summed E-state index contributed by atoms with van der Waals surface area (Å²) in [6.07, 6.45) is 0.756. The number of hydrogen-bond donors (Lipinski definition) is 1. The summed E-state index contributed by atoms with van der Waals surface area (Å²) in [4.78, 5) is 13.6. The molecule has 1 aliphatic rings. The van der Waals surface area contributed by atoms with Gasteiger partial charge < -0.3 is 5.73 Å². The number of nitrogens with two attached hydrogens (primary N) is 1. The fourth-order valence-electron chi connectivity index (χ4n) is 3.13. The number of primary amides is 1. The van der Waals surface area contributed by atoms with Gasteiger partial charge in [0.2, 0.25) is 15.9 Å². The zero-order chi connectivity index (χ0) is 19.4. The smallest absolute Gasteiger partial charge is 0.248 e. The third-order valence-corrected chi connectivity index (χ3v) is 6.81. The van der Waals surface area contributed by atoms with Crippen molar-refractivity contribution in [2.45, 2.75) is 17.9 Å².